The van der Waals surface area contributed by atoms with Crippen LogP contribution in [0.2, 0.25) is 5.02 Å². The molecule has 15 heavy (non-hydrogen) atoms. The second-order valence-corrected chi connectivity index (χ2v) is 5.29. The first kappa shape index (κ1) is 9.68. The third-order valence-electron chi connectivity index (χ3n) is 3.81. The SMILES string of the molecule is Clc1ccc(C2CC3CCC(C2)N3)cc1. The van der Waals surface area contributed by atoms with Gasteiger partial charge in [0.1, 0.15) is 0 Å². The summed E-state index contributed by atoms with van der Waals surface area (Å²) < 4.78 is 0. The molecule has 2 aliphatic rings. The Morgan fingerprint density at radius 1 is 1.00 bits per heavy atom. The van der Waals surface area contributed by atoms with Crippen LogP contribution in [-0.2, 0) is 0 Å². The van der Waals surface area contributed by atoms with Crippen molar-refractivity contribution in [2.45, 2.75) is 43.7 Å². The maximum absolute atomic E-state index is 5.91. The molecule has 1 N–H and O–H groups in total. The van der Waals surface area contributed by atoms with Crippen molar-refractivity contribution in [1.82, 2.24) is 5.32 Å². The lowest BCUT2D eigenvalue weighted by molar-refractivity contribution is 0.363. The standard InChI is InChI=1S/C13H16ClN/c14-11-3-1-9(2-4-11)10-7-12-5-6-13(8-10)15-12/h1-4,10,12-13,15H,5-8H2. The fourth-order valence-corrected chi connectivity index (χ4v) is 3.19. The van der Waals surface area contributed by atoms with Crippen molar-refractivity contribution in [2.75, 3.05) is 0 Å². The summed E-state index contributed by atoms with van der Waals surface area (Å²) in [6, 6.07) is 9.95. The molecule has 2 atom stereocenters. The first-order valence-electron chi connectivity index (χ1n) is 5.83. The van der Waals surface area contributed by atoms with Gasteiger partial charge in [-0.25, -0.2) is 0 Å². The maximum Gasteiger partial charge on any atom is 0.0406 e. The lowest BCUT2D eigenvalue weighted by Gasteiger charge is -2.29. The number of hydrogen-bond acceptors (Lipinski definition) is 1. The molecule has 0 radical (unpaired) electrons. The highest BCUT2D eigenvalue weighted by Gasteiger charge is 2.33. The van der Waals surface area contributed by atoms with Gasteiger partial charge in [0, 0.05) is 17.1 Å². The molecule has 0 spiro atoms. The molecular weight excluding hydrogens is 206 g/mol. The predicted molar refractivity (Wildman–Crippen MR) is 63.4 cm³/mol. The number of nitrogens with one attached hydrogen (secondary N) is 1. The molecule has 0 saturated carbocycles. The van der Waals surface area contributed by atoms with E-state index >= 15 is 0 Å². The van der Waals surface area contributed by atoms with Gasteiger partial charge in [0.2, 0.25) is 0 Å². The molecule has 3 rings (SSSR count). The summed E-state index contributed by atoms with van der Waals surface area (Å²) in [5, 5.41) is 4.52. The van der Waals surface area contributed by atoms with Gasteiger partial charge in [-0.3, -0.25) is 0 Å². The van der Waals surface area contributed by atoms with Gasteiger partial charge in [-0.1, -0.05) is 23.7 Å². The van der Waals surface area contributed by atoms with E-state index in [1.54, 1.807) is 0 Å². The van der Waals surface area contributed by atoms with Gasteiger partial charge in [-0.15, -0.1) is 0 Å². The summed E-state index contributed by atoms with van der Waals surface area (Å²) >= 11 is 5.91. The summed E-state index contributed by atoms with van der Waals surface area (Å²) in [5.74, 6) is 0.751. The molecule has 0 amide bonds. The Kier molecular flexibility index (Phi) is 2.45. The highest BCUT2D eigenvalue weighted by atomic mass is 35.5. The Morgan fingerprint density at radius 2 is 1.60 bits per heavy atom. The lowest BCUT2D eigenvalue weighted by atomic mass is 9.86. The van der Waals surface area contributed by atoms with Gasteiger partial charge in [0.15, 0.2) is 0 Å². The van der Waals surface area contributed by atoms with Crippen LogP contribution in [0.15, 0.2) is 24.3 Å². The fraction of sp³-hybridized carbons (Fsp3) is 0.538. The third kappa shape index (κ3) is 1.91. The monoisotopic (exact) mass is 221 g/mol. The minimum absolute atomic E-state index is 0.751. The summed E-state index contributed by atoms with van der Waals surface area (Å²) in [4.78, 5) is 0. The number of benzene rings is 1. The molecule has 2 unspecified atom stereocenters. The third-order valence-corrected chi connectivity index (χ3v) is 4.07. The van der Waals surface area contributed by atoms with E-state index in [4.69, 9.17) is 11.6 Å². The first-order chi connectivity index (χ1) is 7.31. The van der Waals surface area contributed by atoms with Crippen molar-refractivity contribution in [3.05, 3.63) is 34.9 Å². The minimum Gasteiger partial charge on any atom is -0.311 e. The average Bonchev–Trinajstić information content (AvgIpc) is 2.59. The molecule has 0 aliphatic carbocycles. The van der Waals surface area contributed by atoms with Crippen LogP contribution in [0.1, 0.15) is 37.2 Å². The molecule has 1 aromatic rings. The van der Waals surface area contributed by atoms with Crippen molar-refractivity contribution >= 4 is 11.6 Å². The van der Waals surface area contributed by atoms with E-state index in [1.807, 2.05) is 12.1 Å². The maximum atomic E-state index is 5.91. The molecule has 2 bridgehead atoms. The van der Waals surface area contributed by atoms with Crippen molar-refractivity contribution < 1.29 is 0 Å². The first-order valence-corrected chi connectivity index (χ1v) is 6.20. The van der Waals surface area contributed by atoms with Crippen LogP contribution in [0.4, 0.5) is 0 Å². The van der Waals surface area contributed by atoms with Crippen molar-refractivity contribution in [2.24, 2.45) is 0 Å². The van der Waals surface area contributed by atoms with Crippen molar-refractivity contribution in [3.63, 3.8) is 0 Å². The zero-order chi connectivity index (χ0) is 10.3. The van der Waals surface area contributed by atoms with Crippen LogP contribution in [-0.4, -0.2) is 12.1 Å². The van der Waals surface area contributed by atoms with Crippen molar-refractivity contribution in [1.29, 1.82) is 0 Å². The molecule has 0 aromatic heterocycles. The number of rotatable bonds is 1. The van der Waals surface area contributed by atoms with E-state index in [1.165, 1.54) is 31.2 Å². The highest BCUT2D eigenvalue weighted by molar-refractivity contribution is 6.30. The summed E-state index contributed by atoms with van der Waals surface area (Å²) in [5.41, 5.74) is 1.47. The van der Waals surface area contributed by atoms with Gasteiger partial charge in [-0.05, 0) is 49.3 Å². The normalized spacial score (nSPS) is 34.3. The molecule has 2 saturated heterocycles. The van der Waals surface area contributed by atoms with Gasteiger partial charge < -0.3 is 5.32 Å². The van der Waals surface area contributed by atoms with E-state index < -0.39 is 0 Å². The van der Waals surface area contributed by atoms with Crippen LogP contribution in [0, 0.1) is 0 Å². The molecular formula is C13H16ClN. The molecule has 2 fully saturated rings. The zero-order valence-electron chi connectivity index (χ0n) is 8.75. The number of fused-ring (bicyclic) bond motifs is 2. The van der Waals surface area contributed by atoms with E-state index in [0.717, 1.165) is 23.0 Å². The van der Waals surface area contributed by atoms with Crippen LogP contribution >= 0.6 is 11.6 Å². The zero-order valence-corrected chi connectivity index (χ0v) is 9.50. The van der Waals surface area contributed by atoms with E-state index in [0.29, 0.717) is 0 Å². The second-order valence-electron chi connectivity index (χ2n) is 4.86. The molecule has 2 heteroatoms. The predicted octanol–water partition coefficient (Wildman–Crippen LogP) is 3.34. The van der Waals surface area contributed by atoms with E-state index in [-0.39, 0.29) is 0 Å². The Morgan fingerprint density at radius 3 is 2.20 bits per heavy atom. The quantitative estimate of drug-likeness (QED) is 0.767. The van der Waals surface area contributed by atoms with Crippen LogP contribution in [0.25, 0.3) is 0 Å². The van der Waals surface area contributed by atoms with Crippen LogP contribution in [0.5, 0.6) is 0 Å². The topological polar surface area (TPSA) is 12.0 Å². The Hall–Kier alpha value is -0.530. The second kappa shape index (κ2) is 3.80. The van der Waals surface area contributed by atoms with Gasteiger partial charge in [0.25, 0.3) is 0 Å². The molecule has 80 valence electrons. The van der Waals surface area contributed by atoms with E-state index in [9.17, 15) is 0 Å². The number of piperidine rings is 1. The Labute approximate surface area is 95.8 Å². The lowest BCUT2D eigenvalue weighted by Crippen LogP contribution is -2.37. The van der Waals surface area contributed by atoms with Gasteiger partial charge in [0.05, 0.1) is 0 Å². The number of hydrogen-bond donors (Lipinski definition) is 1. The smallest absolute Gasteiger partial charge is 0.0406 e. The van der Waals surface area contributed by atoms with Gasteiger partial charge in [-0.2, -0.15) is 0 Å². The largest absolute Gasteiger partial charge is 0.311 e. The van der Waals surface area contributed by atoms with Crippen LogP contribution < -0.4 is 5.32 Å². The Bertz CT molecular complexity index is 334. The molecule has 1 nitrogen and oxygen atoms in total. The highest BCUT2D eigenvalue weighted by Crippen LogP contribution is 2.37. The van der Waals surface area contributed by atoms with E-state index in [2.05, 4.69) is 17.4 Å². The van der Waals surface area contributed by atoms with Gasteiger partial charge >= 0.3 is 0 Å². The average molecular weight is 222 g/mol. The summed E-state index contributed by atoms with van der Waals surface area (Å²) in [6.07, 6.45) is 5.35. The fourth-order valence-electron chi connectivity index (χ4n) is 3.06. The summed E-state index contributed by atoms with van der Waals surface area (Å²) in [6.45, 7) is 0. The molecule has 2 heterocycles. The minimum atomic E-state index is 0.751. The van der Waals surface area contributed by atoms with Crippen molar-refractivity contribution in [3.8, 4) is 0 Å². The number of halogens is 1. The Balaban J connectivity index is 1.80. The molecule has 1 aromatic carbocycles. The van der Waals surface area contributed by atoms with Crippen LogP contribution in [0.3, 0.4) is 0 Å². The summed E-state index contributed by atoms with van der Waals surface area (Å²) in [7, 11) is 0. The molecule has 2 aliphatic heterocycles.